The number of carbonyl (C=O) groups excluding carboxylic acids is 2. The zero-order valence-electron chi connectivity index (χ0n) is 17.1. The molecule has 0 aliphatic carbocycles. The van der Waals surface area contributed by atoms with E-state index in [4.69, 9.17) is 14.2 Å². The summed E-state index contributed by atoms with van der Waals surface area (Å²) in [5, 5.41) is 5.01. The summed E-state index contributed by atoms with van der Waals surface area (Å²) in [6.07, 6.45) is -1.01. The van der Waals surface area contributed by atoms with Gasteiger partial charge in [-0.3, -0.25) is 4.79 Å². The van der Waals surface area contributed by atoms with E-state index in [1.54, 1.807) is 24.6 Å². The molecule has 156 valence electrons. The van der Waals surface area contributed by atoms with Crippen LogP contribution >= 0.6 is 11.3 Å². The smallest absolute Gasteiger partial charge is 0.358 e. The molecule has 0 aliphatic heterocycles. The van der Waals surface area contributed by atoms with Crippen molar-refractivity contribution < 1.29 is 23.8 Å². The Morgan fingerprint density at radius 1 is 1.07 bits per heavy atom. The average molecular weight is 426 g/mol. The molecule has 0 saturated heterocycles. The lowest BCUT2D eigenvalue weighted by Gasteiger charge is -2.15. The van der Waals surface area contributed by atoms with E-state index >= 15 is 0 Å². The molecule has 0 bridgehead atoms. The zero-order valence-corrected chi connectivity index (χ0v) is 17.9. The highest BCUT2D eigenvalue weighted by molar-refractivity contribution is 7.13. The molecule has 8 heteroatoms. The van der Waals surface area contributed by atoms with Gasteiger partial charge in [0.05, 0.1) is 19.9 Å². The van der Waals surface area contributed by atoms with E-state index < -0.39 is 18.0 Å². The summed E-state index contributed by atoms with van der Waals surface area (Å²) in [4.78, 5) is 29.2. The van der Waals surface area contributed by atoms with E-state index in [0.717, 1.165) is 16.9 Å². The predicted octanol–water partition coefficient (Wildman–Crippen LogP) is 4.32. The summed E-state index contributed by atoms with van der Waals surface area (Å²) in [6, 6.07) is 12.8. The van der Waals surface area contributed by atoms with E-state index in [0.29, 0.717) is 16.4 Å². The van der Waals surface area contributed by atoms with Crippen LogP contribution in [0.2, 0.25) is 0 Å². The molecule has 3 rings (SSSR count). The molecule has 1 aromatic heterocycles. The Kier molecular flexibility index (Phi) is 6.68. The van der Waals surface area contributed by atoms with Crippen LogP contribution < -0.4 is 14.8 Å². The number of nitrogens with one attached hydrogen (secondary N) is 1. The van der Waals surface area contributed by atoms with Crippen molar-refractivity contribution in [2.24, 2.45) is 0 Å². The molecule has 1 amide bonds. The summed E-state index contributed by atoms with van der Waals surface area (Å²) >= 11 is 1.32. The lowest BCUT2D eigenvalue weighted by Crippen LogP contribution is -2.30. The SMILES string of the molecule is COc1ccc(-c2nc(C(=O)OC(C)C(=O)Nc3cc(C)ccc3OC)cs2)cc1. The lowest BCUT2D eigenvalue weighted by molar-refractivity contribution is -0.123. The average Bonchev–Trinajstić information content (AvgIpc) is 3.24. The summed E-state index contributed by atoms with van der Waals surface area (Å²) in [5.74, 6) is 0.138. The van der Waals surface area contributed by atoms with Crippen molar-refractivity contribution in [3.8, 4) is 22.1 Å². The molecular weight excluding hydrogens is 404 g/mol. The molecule has 1 atom stereocenters. The van der Waals surface area contributed by atoms with Gasteiger partial charge in [0.1, 0.15) is 16.5 Å². The van der Waals surface area contributed by atoms with Crippen LogP contribution in [0.1, 0.15) is 23.0 Å². The van der Waals surface area contributed by atoms with Gasteiger partial charge in [0.25, 0.3) is 5.91 Å². The Balaban J connectivity index is 1.65. The first-order valence-corrected chi connectivity index (χ1v) is 10.1. The van der Waals surface area contributed by atoms with E-state index in [1.165, 1.54) is 25.4 Å². The normalized spacial score (nSPS) is 11.5. The first kappa shape index (κ1) is 21.3. The Labute approximate surface area is 178 Å². The van der Waals surface area contributed by atoms with Gasteiger partial charge < -0.3 is 19.5 Å². The molecule has 1 unspecified atom stereocenters. The van der Waals surface area contributed by atoms with Gasteiger partial charge in [-0.05, 0) is 55.8 Å². The summed E-state index contributed by atoms with van der Waals surface area (Å²) in [7, 11) is 3.12. The van der Waals surface area contributed by atoms with Crippen molar-refractivity contribution in [1.29, 1.82) is 0 Å². The van der Waals surface area contributed by atoms with Crippen molar-refractivity contribution >= 4 is 28.9 Å². The summed E-state index contributed by atoms with van der Waals surface area (Å²) in [5.41, 5.74) is 2.49. The summed E-state index contributed by atoms with van der Waals surface area (Å²) < 4.78 is 15.7. The Bertz CT molecular complexity index is 1050. The number of hydrogen-bond donors (Lipinski definition) is 1. The topological polar surface area (TPSA) is 86.8 Å². The maximum atomic E-state index is 12.5. The van der Waals surface area contributed by atoms with Crippen LogP contribution in [0, 0.1) is 6.92 Å². The van der Waals surface area contributed by atoms with Crippen molar-refractivity contribution in [3.63, 3.8) is 0 Å². The van der Waals surface area contributed by atoms with Crippen LogP contribution in [0.3, 0.4) is 0 Å². The fourth-order valence-corrected chi connectivity index (χ4v) is 3.46. The molecule has 7 nitrogen and oxygen atoms in total. The van der Waals surface area contributed by atoms with E-state index in [2.05, 4.69) is 10.3 Å². The van der Waals surface area contributed by atoms with Crippen molar-refractivity contribution in [2.45, 2.75) is 20.0 Å². The molecule has 30 heavy (non-hydrogen) atoms. The van der Waals surface area contributed by atoms with Crippen LogP contribution in [0.25, 0.3) is 10.6 Å². The van der Waals surface area contributed by atoms with Gasteiger partial charge in [0, 0.05) is 10.9 Å². The standard InChI is InChI=1S/C22H22N2O5S/c1-13-5-10-19(28-4)17(11-13)23-20(25)14(2)29-22(26)18-12-30-21(24-18)15-6-8-16(27-3)9-7-15/h5-12,14H,1-4H3,(H,23,25). The highest BCUT2D eigenvalue weighted by Gasteiger charge is 2.22. The van der Waals surface area contributed by atoms with Gasteiger partial charge in [0.2, 0.25) is 0 Å². The molecule has 0 fully saturated rings. The Morgan fingerprint density at radius 3 is 2.47 bits per heavy atom. The van der Waals surface area contributed by atoms with Gasteiger partial charge in [-0.15, -0.1) is 11.3 Å². The number of thiazole rings is 1. The number of amides is 1. The molecule has 0 radical (unpaired) electrons. The van der Waals surface area contributed by atoms with Gasteiger partial charge >= 0.3 is 5.97 Å². The number of hydrogen-bond acceptors (Lipinski definition) is 7. The van der Waals surface area contributed by atoms with E-state index in [-0.39, 0.29) is 5.69 Å². The second kappa shape index (κ2) is 9.41. The number of nitrogens with zero attached hydrogens (tertiary/aromatic N) is 1. The maximum Gasteiger partial charge on any atom is 0.358 e. The minimum Gasteiger partial charge on any atom is -0.497 e. The highest BCUT2D eigenvalue weighted by atomic mass is 32.1. The quantitative estimate of drug-likeness (QED) is 0.566. The van der Waals surface area contributed by atoms with Crippen LogP contribution in [-0.2, 0) is 9.53 Å². The van der Waals surface area contributed by atoms with Crippen LogP contribution in [0.5, 0.6) is 11.5 Å². The van der Waals surface area contributed by atoms with Crippen LogP contribution in [0.4, 0.5) is 5.69 Å². The Hall–Kier alpha value is -3.39. The van der Waals surface area contributed by atoms with Crippen molar-refractivity contribution in [3.05, 3.63) is 59.1 Å². The number of aromatic nitrogens is 1. The fraction of sp³-hybridized carbons (Fsp3) is 0.227. The van der Waals surface area contributed by atoms with Crippen molar-refractivity contribution in [2.75, 3.05) is 19.5 Å². The minimum atomic E-state index is -1.01. The first-order valence-electron chi connectivity index (χ1n) is 9.17. The van der Waals surface area contributed by atoms with Crippen LogP contribution in [0.15, 0.2) is 47.8 Å². The zero-order chi connectivity index (χ0) is 21.7. The van der Waals surface area contributed by atoms with Crippen molar-refractivity contribution in [1.82, 2.24) is 4.98 Å². The summed E-state index contributed by atoms with van der Waals surface area (Å²) in [6.45, 7) is 3.41. The number of ether oxygens (including phenoxy) is 3. The third-order valence-electron chi connectivity index (χ3n) is 4.32. The molecule has 1 heterocycles. The maximum absolute atomic E-state index is 12.5. The molecular formula is C22H22N2O5S. The lowest BCUT2D eigenvalue weighted by atomic mass is 10.2. The number of rotatable bonds is 7. The number of methoxy groups -OCH3 is 2. The first-order chi connectivity index (χ1) is 14.4. The third-order valence-corrected chi connectivity index (χ3v) is 5.21. The molecule has 0 spiro atoms. The second-order valence-corrected chi connectivity index (χ2v) is 7.37. The largest absolute Gasteiger partial charge is 0.497 e. The molecule has 0 saturated carbocycles. The van der Waals surface area contributed by atoms with Gasteiger partial charge in [-0.1, -0.05) is 6.07 Å². The monoisotopic (exact) mass is 426 g/mol. The molecule has 0 aliphatic rings. The predicted molar refractivity (Wildman–Crippen MR) is 115 cm³/mol. The van der Waals surface area contributed by atoms with E-state index in [9.17, 15) is 9.59 Å². The number of aryl methyl sites for hydroxylation is 1. The van der Waals surface area contributed by atoms with Crippen LogP contribution in [-0.4, -0.2) is 37.2 Å². The van der Waals surface area contributed by atoms with Gasteiger partial charge in [-0.2, -0.15) is 0 Å². The second-order valence-electron chi connectivity index (χ2n) is 6.51. The number of benzene rings is 2. The molecule has 2 aromatic carbocycles. The number of anilines is 1. The number of carbonyl (C=O) groups is 2. The minimum absolute atomic E-state index is 0.151. The van der Waals surface area contributed by atoms with Gasteiger partial charge in [0.15, 0.2) is 11.8 Å². The third kappa shape index (κ3) is 4.96. The van der Waals surface area contributed by atoms with Gasteiger partial charge in [-0.25, -0.2) is 9.78 Å². The Morgan fingerprint density at radius 2 is 1.80 bits per heavy atom. The highest BCUT2D eigenvalue weighted by Crippen LogP contribution is 2.27. The molecule has 1 N–H and O–H groups in total. The molecule has 3 aromatic rings. The fourth-order valence-electron chi connectivity index (χ4n) is 2.66. The number of esters is 1. The van der Waals surface area contributed by atoms with E-state index in [1.807, 2.05) is 37.3 Å².